The summed E-state index contributed by atoms with van der Waals surface area (Å²) in [6.45, 7) is 3.30. The number of hydrazine groups is 1. The van der Waals surface area contributed by atoms with Crippen molar-refractivity contribution < 1.29 is 17.6 Å². The molecule has 2 aliphatic heterocycles. The molecule has 0 aromatic heterocycles. The average Bonchev–Trinajstić information content (AvgIpc) is 3.33. The van der Waals surface area contributed by atoms with Crippen molar-refractivity contribution >= 4 is 15.9 Å². The first-order valence-corrected chi connectivity index (χ1v) is 13.8. The highest BCUT2D eigenvalue weighted by Gasteiger charge is 2.33. The van der Waals surface area contributed by atoms with Crippen molar-refractivity contribution in [1.29, 1.82) is 0 Å². The van der Waals surface area contributed by atoms with E-state index in [2.05, 4.69) is 10.9 Å². The largest absolute Gasteiger partial charge is 0.346 e. The van der Waals surface area contributed by atoms with Crippen LogP contribution in [0.4, 0.5) is 4.39 Å². The fraction of sp³-hybridized carbons (Fsp3) is 0.500. The SMILES string of the molecule is Cc1ccc(S(=O)(=O)N2CCC(C(=O)N(C)CCCC3CC(c4cccc(F)c4)NN3)CC2)cc1. The number of nitrogens with one attached hydrogen (secondary N) is 2. The summed E-state index contributed by atoms with van der Waals surface area (Å²) in [6.07, 6.45) is 3.71. The van der Waals surface area contributed by atoms with Gasteiger partial charge in [-0.05, 0) is 68.9 Å². The molecule has 0 saturated carbocycles. The van der Waals surface area contributed by atoms with Gasteiger partial charge < -0.3 is 4.90 Å². The van der Waals surface area contributed by atoms with Crippen molar-refractivity contribution in [2.24, 2.45) is 5.92 Å². The van der Waals surface area contributed by atoms with Crippen molar-refractivity contribution in [2.75, 3.05) is 26.7 Å². The first-order chi connectivity index (χ1) is 16.7. The van der Waals surface area contributed by atoms with E-state index >= 15 is 0 Å². The molecule has 7 nitrogen and oxygen atoms in total. The van der Waals surface area contributed by atoms with Crippen molar-refractivity contribution in [3.8, 4) is 0 Å². The average molecular weight is 503 g/mol. The molecule has 2 aliphatic rings. The zero-order valence-corrected chi connectivity index (χ0v) is 21.2. The Morgan fingerprint density at radius 3 is 2.51 bits per heavy atom. The van der Waals surface area contributed by atoms with Crippen LogP contribution in [0.1, 0.15) is 49.3 Å². The van der Waals surface area contributed by atoms with Crippen LogP contribution < -0.4 is 10.9 Å². The van der Waals surface area contributed by atoms with Crippen LogP contribution in [0.25, 0.3) is 0 Å². The predicted molar refractivity (Wildman–Crippen MR) is 133 cm³/mol. The lowest BCUT2D eigenvalue weighted by Crippen LogP contribution is -2.43. The third-order valence-corrected chi connectivity index (χ3v) is 9.03. The Kier molecular flexibility index (Phi) is 8.21. The molecule has 0 aliphatic carbocycles. The summed E-state index contributed by atoms with van der Waals surface area (Å²) in [6, 6.07) is 13.9. The van der Waals surface area contributed by atoms with Crippen LogP contribution in [0.15, 0.2) is 53.4 Å². The smallest absolute Gasteiger partial charge is 0.243 e. The minimum Gasteiger partial charge on any atom is -0.346 e. The maximum Gasteiger partial charge on any atom is 0.243 e. The number of carbonyl (C=O) groups is 1. The number of aryl methyl sites for hydroxylation is 1. The molecule has 9 heteroatoms. The van der Waals surface area contributed by atoms with E-state index in [0.717, 1.165) is 30.4 Å². The summed E-state index contributed by atoms with van der Waals surface area (Å²) < 4.78 is 40.8. The van der Waals surface area contributed by atoms with Crippen molar-refractivity contribution in [3.63, 3.8) is 0 Å². The number of amides is 1. The lowest BCUT2D eigenvalue weighted by molar-refractivity contribution is -0.135. The van der Waals surface area contributed by atoms with E-state index in [4.69, 9.17) is 0 Å². The highest BCUT2D eigenvalue weighted by Crippen LogP contribution is 2.26. The van der Waals surface area contributed by atoms with Gasteiger partial charge in [-0.3, -0.25) is 15.6 Å². The van der Waals surface area contributed by atoms with Gasteiger partial charge in [0.15, 0.2) is 0 Å². The van der Waals surface area contributed by atoms with Gasteiger partial charge in [0.2, 0.25) is 15.9 Å². The van der Waals surface area contributed by atoms with Gasteiger partial charge >= 0.3 is 0 Å². The van der Waals surface area contributed by atoms with E-state index in [1.165, 1.54) is 10.4 Å². The third-order valence-electron chi connectivity index (χ3n) is 7.12. The van der Waals surface area contributed by atoms with Crippen LogP contribution in [0.2, 0.25) is 0 Å². The zero-order valence-electron chi connectivity index (χ0n) is 20.4. The Balaban J connectivity index is 1.20. The Morgan fingerprint density at radius 1 is 1.11 bits per heavy atom. The molecule has 2 fully saturated rings. The van der Waals surface area contributed by atoms with Crippen molar-refractivity contribution in [2.45, 2.75) is 56.0 Å². The Morgan fingerprint density at radius 2 is 1.83 bits per heavy atom. The van der Waals surface area contributed by atoms with Gasteiger partial charge in [-0.2, -0.15) is 4.31 Å². The zero-order chi connectivity index (χ0) is 25.0. The van der Waals surface area contributed by atoms with Gasteiger partial charge in [0.1, 0.15) is 5.82 Å². The minimum atomic E-state index is -3.52. The number of rotatable bonds is 8. The van der Waals surface area contributed by atoms with Gasteiger partial charge in [0.05, 0.1) is 4.90 Å². The van der Waals surface area contributed by atoms with Gasteiger partial charge in [-0.1, -0.05) is 29.8 Å². The van der Waals surface area contributed by atoms with E-state index < -0.39 is 10.0 Å². The maximum absolute atomic E-state index is 13.5. The Labute approximate surface area is 207 Å². The molecule has 35 heavy (non-hydrogen) atoms. The van der Waals surface area contributed by atoms with Crippen molar-refractivity contribution in [1.82, 2.24) is 20.1 Å². The second-order valence-electron chi connectivity index (χ2n) is 9.72. The first-order valence-electron chi connectivity index (χ1n) is 12.3. The highest BCUT2D eigenvalue weighted by atomic mass is 32.2. The number of sulfonamides is 1. The Bertz CT molecular complexity index is 1120. The van der Waals surface area contributed by atoms with Gasteiger partial charge in [0, 0.05) is 44.7 Å². The van der Waals surface area contributed by atoms with E-state index in [-0.39, 0.29) is 29.7 Å². The van der Waals surface area contributed by atoms with Crippen LogP contribution >= 0.6 is 0 Å². The molecule has 2 atom stereocenters. The highest BCUT2D eigenvalue weighted by molar-refractivity contribution is 7.89. The van der Waals surface area contributed by atoms with Crippen LogP contribution in [-0.4, -0.2) is 56.3 Å². The summed E-state index contributed by atoms with van der Waals surface area (Å²) in [7, 11) is -1.70. The number of piperidine rings is 1. The standard InChI is InChI=1S/C26H35FN4O3S/c1-19-8-10-24(11-9-19)35(33,34)31-15-12-20(13-16-31)26(32)30(2)14-4-7-23-18-25(29-28-23)21-5-3-6-22(27)17-21/h3,5-6,8-11,17,20,23,25,28-29H,4,7,12-16,18H2,1-2H3. The quantitative estimate of drug-likeness (QED) is 0.579. The third kappa shape index (κ3) is 6.27. The van der Waals surface area contributed by atoms with E-state index in [0.29, 0.717) is 37.4 Å². The molecule has 2 N–H and O–H groups in total. The lowest BCUT2D eigenvalue weighted by Gasteiger charge is -2.32. The number of halogens is 1. The number of nitrogens with zero attached hydrogens (tertiary/aromatic N) is 2. The molecule has 0 radical (unpaired) electrons. The molecule has 2 saturated heterocycles. The summed E-state index contributed by atoms with van der Waals surface area (Å²) in [5, 5.41) is 0. The monoisotopic (exact) mass is 502 g/mol. The summed E-state index contributed by atoms with van der Waals surface area (Å²) in [5.74, 6) is -0.285. The first kappa shape index (κ1) is 25.8. The second-order valence-corrected chi connectivity index (χ2v) is 11.7. The van der Waals surface area contributed by atoms with E-state index in [1.807, 2.05) is 20.0 Å². The summed E-state index contributed by atoms with van der Waals surface area (Å²) >= 11 is 0. The summed E-state index contributed by atoms with van der Waals surface area (Å²) in [5.41, 5.74) is 8.48. The molecule has 2 aromatic rings. The van der Waals surface area contributed by atoms with E-state index in [1.54, 1.807) is 41.3 Å². The van der Waals surface area contributed by atoms with Crippen LogP contribution in [0, 0.1) is 18.7 Å². The second kappa shape index (κ2) is 11.2. The molecule has 2 heterocycles. The molecule has 190 valence electrons. The van der Waals surface area contributed by atoms with Crippen molar-refractivity contribution in [3.05, 3.63) is 65.5 Å². The number of hydrogen-bond donors (Lipinski definition) is 2. The molecular weight excluding hydrogens is 467 g/mol. The normalized spacial score (nSPS) is 21.8. The van der Waals surface area contributed by atoms with Crippen LogP contribution in [0.3, 0.4) is 0 Å². The Hall–Kier alpha value is -2.33. The minimum absolute atomic E-state index is 0.0800. The number of carbonyl (C=O) groups excluding carboxylic acids is 1. The molecule has 2 aromatic carbocycles. The maximum atomic E-state index is 13.5. The molecular formula is C26H35FN4O3S. The fourth-order valence-corrected chi connectivity index (χ4v) is 6.42. The van der Waals surface area contributed by atoms with Gasteiger partial charge in [0.25, 0.3) is 0 Å². The predicted octanol–water partition coefficient (Wildman–Crippen LogP) is 3.38. The lowest BCUT2D eigenvalue weighted by atomic mass is 9.96. The molecule has 1 amide bonds. The topological polar surface area (TPSA) is 81.8 Å². The molecule has 0 bridgehead atoms. The van der Waals surface area contributed by atoms with Gasteiger partial charge in [-0.25, -0.2) is 12.8 Å². The molecule has 4 rings (SSSR count). The van der Waals surface area contributed by atoms with E-state index in [9.17, 15) is 17.6 Å². The number of benzene rings is 2. The fourth-order valence-electron chi connectivity index (χ4n) is 4.95. The molecule has 2 unspecified atom stereocenters. The van der Waals surface area contributed by atoms with Crippen LogP contribution in [0.5, 0.6) is 0 Å². The number of hydrogen-bond acceptors (Lipinski definition) is 5. The van der Waals surface area contributed by atoms with Crippen LogP contribution in [-0.2, 0) is 14.8 Å². The molecule has 0 spiro atoms. The summed E-state index contributed by atoms with van der Waals surface area (Å²) in [4.78, 5) is 15.0. The van der Waals surface area contributed by atoms with Gasteiger partial charge in [-0.15, -0.1) is 0 Å².